The number of hydrogen-bond acceptors (Lipinski definition) is 3. The van der Waals surface area contributed by atoms with E-state index in [0.29, 0.717) is 11.1 Å². The van der Waals surface area contributed by atoms with Crippen LogP contribution in [0.1, 0.15) is 22.3 Å². The van der Waals surface area contributed by atoms with Gasteiger partial charge in [0.05, 0.1) is 40.0 Å². The number of hydrogen-bond donors (Lipinski definition) is 0. The van der Waals surface area contributed by atoms with Crippen LogP contribution in [0.3, 0.4) is 0 Å². The third-order valence-electron chi connectivity index (χ3n) is 7.43. The van der Waals surface area contributed by atoms with E-state index in [9.17, 15) is 10.5 Å². The van der Waals surface area contributed by atoms with Crippen LogP contribution < -0.4 is 0 Å². The van der Waals surface area contributed by atoms with Crippen LogP contribution in [0, 0.1) is 36.5 Å². The lowest BCUT2D eigenvalue weighted by Crippen LogP contribution is -1.99. The number of aromatic nitrogens is 1. The molecule has 0 fully saturated rings. The van der Waals surface area contributed by atoms with Crippen molar-refractivity contribution in [3.63, 3.8) is 0 Å². The fourth-order valence-corrected chi connectivity index (χ4v) is 5.68. The molecule has 2 aromatic heterocycles. The Labute approximate surface area is 219 Å². The van der Waals surface area contributed by atoms with E-state index in [2.05, 4.69) is 79.1 Å². The Kier molecular flexibility index (Phi) is 4.67. The summed E-state index contributed by atoms with van der Waals surface area (Å²) in [4.78, 5) is 0. The molecule has 0 radical (unpaired) electrons. The van der Waals surface area contributed by atoms with Gasteiger partial charge in [0.15, 0.2) is 0 Å². The molecule has 4 heteroatoms. The number of furan rings is 1. The van der Waals surface area contributed by atoms with Crippen molar-refractivity contribution in [2.75, 3.05) is 0 Å². The van der Waals surface area contributed by atoms with Crippen molar-refractivity contribution in [1.29, 1.82) is 10.5 Å². The summed E-state index contributed by atoms with van der Waals surface area (Å²) in [7, 11) is 0. The van der Waals surface area contributed by atoms with E-state index >= 15 is 0 Å². The fraction of sp³-hybridized carbons (Fsp3) is 0.0588. The van der Waals surface area contributed by atoms with Gasteiger partial charge < -0.3 is 8.98 Å². The Hall–Kier alpha value is -5.32. The fourth-order valence-electron chi connectivity index (χ4n) is 5.68. The first-order valence-electron chi connectivity index (χ1n) is 12.5. The Bertz CT molecular complexity index is 2110. The minimum Gasteiger partial charge on any atom is -0.456 e. The molecule has 5 aromatic carbocycles. The van der Waals surface area contributed by atoms with Gasteiger partial charge in [0.25, 0.3) is 0 Å². The van der Waals surface area contributed by atoms with Crippen molar-refractivity contribution in [1.82, 2.24) is 4.57 Å². The average Bonchev–Trinajstić information content (AvgIpc) is 3.46. The van der Waals surface area contributed by atoms with E-state index in [-0.39, 0.29) is 0 Å². The van der Waals surface area contributed by atoms with Crippen molar-refractivity contribution >= 4 is 43.7 Å². The Morgan fingerprint density at radius 3 is 1.92 bits per heavy atom. The summed E-state index contributed by atoms with van der Waals surface area (Å²) in [6.07, 6.45) is 0. The zero-order valence-electron chi connectivity index (χ0n) is 20.9. The smallest absolute Gasteiger partial charge is 0.135 e. The standard InChI is InChI=1S/C34H21N3O/c1-20-6-12-32-27(14-20)28-17-24(9-13-33(28)38-32)34-21(2)4-3-5-31(34)37-29-10-7-22(18-35)15-25(29)26-16-23(19-36)8-11-30(26)37/h3-17H,1-2H3. The minimum absolute atomic E-state index is 0.593. The van der Waals surface area contributed by atoms with E-state index < -0.39 is 0 Å². The summed E-state index contributed by atoms with van der Waals surface area (Å²) in [5, 5.41) is 23.2. The third kappa shape index (κ3) is 3.15. The second-order valence-electron chi connectivity index (χ2n) is 9.80. The molecule has 0 N–H and O–H groups in total. The first kappa shape index (κ1) is 21.9. The molecule has 0 aliphatic rings. The number of rotatable bonds is 2. The number of nitrogens with zero attached hydrogens (tertiary/aromatic N) is 3. The summed E-state index contributed by atoms with van der Waals surface area (Å²) in [6.45, 7) is 4.23. The minimum atomic E-state index is 0.593. The third-order valence-corrected chi connectivity index (χ3v) is 7.43. The van der Waals surface area contributed by atoms with E-state index in [1.54, 1.807) is 0 Å². The second-order valence-corrected chi connectivity index (χ2v) is 9.80. The predicted molar refractivity (Wildman–Crippen MR) is 152 cm³/mol. The highest BCUT2D eigenvalue weighted by atomic mass is 16.3. The topological polar surface area (TPSA) is 65.7 Å². The van der Waals surface area contributed by atoms with Gasteiger partial charge in [0.1, 0.15) is 11.2 Å². The maximum atomic E-state index is 9.57. The van der Waals surface area contributed by atoms with Gasteiger partial charge in [0.2, 0.25) is 0 Å². The van der Waals surface area contributed by atoms with E-state index in [4.69, 9.17) is 4.42 Å². The Morgan fingerprint density at radius 2 is 1.26 bits per heavy atom. The molecule has 7 aromatic rings. The Morgan fingerprint density at radius 1 is 0.632 bits per heavy atom. The zero-order chi connectivity index (χ0) is 26.0. The van der Waals surface area contributed by atoms with Gasteiger partial charge in [0, 0.05) is 27.1 Å². The van der Waals surface area contributed by atoms with Crippen LogP contribution in [0.4, 0.5) is 0 Å². The van der Waals surface area contributed by atoms with Crippen molar-refractivity contribution < 1.29 is 4.42 Å². The van der Waals surface area contributed by atoms with Crippen LogP contribution in [0.5, 0.6) is 0 Å². The summed E-state index contributed by atoms with van der Waals surface area (Å²) >= 11 is 0. The molecule has 7 rings (SSSR count). The van der Waals surface area contributed by atoms with Crippen LogP contribution in [0.15, 0.2) is 95.4 Å². The number of fused-ring (bicyclic) bond motifs is 6. The van der Waals surface area contributed by atoms with Crippen LogP contribution in [-0.2, 0) is 0 Å². The SMILES string of the molecule is Cc1ccc2oc3ccc(-c4c(C)cccc4-n4c5ccc(C#N)cc5c5cc(C#N)ccc54)cc3c2c1. The van der Waals surface area contributed by atoms with Crippen LogP contribution >= 0.6 is 0 Å². The van der Waals surface area contributed by atoms with E-state index in [1.807, 2.05) is 42.5 Å². The highest BCUT2D eigenvalue weighted by molar-refractivity contribution is 6.11. The number of nitriles is 2. The summed E-state index contributed by atoms with van der Waals surface area (Å²) < 4.78 is 8.38. The molecule has 0 atom stereocenters. The first-order chi connectivity index (χ1) is 18.6. The van der Waals surface area contributed by atoms with Gasteiger partial charge in [-0.15, -0.1) is 0 Å². The molecule has 4 nitrogen and oxygen atoms in total. The lowest BCUT2D eigenvalue weighted by molar-refractivity contribution is 0.669. The molecule has 0 amide bonds. The summed E-state index contributed by atoms with van der Waals surface area (Å²) in [5.74, 6) is 0. The van der Waals surface area contributed by atoms with Crippen LogP contribution in [0.2, 0.25) is 0 Å². The number of aryl methyl sites for hydroxylation is 2. The van der Waals surface area contributed by atoms with Crippen LogP contribution in [-0.4, -0.2) is 4.57 Å². The molecular formula is C34H21N3O. The molecule has 178 valence electrons. The average molecular weight is 488 g/mol. The van der Waals surface area contributed by atoms with E-state index in [0.717, 1.165) is 66.1 Å². The molecule has 0 bridgehead atoms. The molecule has 0 saturated heterocycles. The predicted octanol–water partition coefficient (Wildman–Crippen LogP) is 8.71. The van der Waals surface area contributed by atoms with Gasteiger partial charge in [-0.05, 0) is 91.7 Å². The highest BCUT2D eigenvalue weighted by Crippen LogP contribution is 2.40. The highest BCUT2D eigenvalue weighted by Gasteiger charge is 2.19. The second kappa shape index (κ2) is 8.10. The molecule has 38 heavy (non-hydrogen) atoms. The molecule has 0 saturated carbocycles. The van der Waals surface area contributed by atoms with Gasteiger partial charge >= 0.3 is 0 Å². The lowest BCUT2D eigenvalue weighted by atomic mass is 9.96. The zero-order valence-corrected chi connectivity index (χ0v) is 20.9. The quantitative estimate of drug-likeness (QED) is 0.245. The monoisotopic (exact) mass is 487 g/mol. The van der Waals surface area contributed by atoms with Gasteiger partial charge in [-0.3, -0.25) is 0 Å². The van der Waals surface area contributed by atoms with Crippen molar-refractivity contribution in [3.05, 3.63) is 113 Å². The molecule has 0 spiro atoms. The summed E-state index contributed by atoms with van der Waals surface area (Å²) in [6, 6.07) is 35.1. The van der Waals surface area contributed by atoms with Crippen molar-refractivity contribution in [2.45, 2.75) is 13.8 Å². The molecule has 0 aliphatic carbocycles. The van der Waals surface area contributed by atoms with E-state index in [1.165, 1.54) is 5.56 Å². The van der Waals surface area contributed by atoms with Crippen molar-refractivity contribution in [3.8, 4) is 29.0 Å². The maximum Gasteiger partial charge on any atom is 0.135 e. The normalized spacial score (nSPS) is 11.4. The van der Waals surface area contributed by atoms with Gasteiger partial charge in [-0.2, -0.15) is 10.5 Å². The number of benzene rings is 5. The van der Waals surface area contributed by atoms with Crippen molar-refractivity contribution in [2.24, 2.45) is 0 Å². The molecule has 2 heterocycles. The van der Waals surface area contributed by atoms with Gasteiger partial charge in [-0.25, -0.2) is 0 Å². The molecular weight excluding hydrogens is 466 g/mol. The first-order valence-corrected chi connectivity index (χ1v) is 12.5. The molecule has 0 aliphatic heterocycles. The maximum absolute atomic E-state index is 9.57. The largest absolute Gasteiger partial charge is 0.456 e. The Balaban J connectivity index is 1.56. The lowest BCUT2D eigenvalue weighted by Gasteiger charge is -2.16. The van der Waals surface area contributed by atoms with Crippen LogP contribution in [0.25, 0.3) is 60.6 Å². The summed E-state index contributed by atoms with van der Waals surface area (Å²) in [5.41, 5.74) is 10.6. The van der Waals surface area contributed by atoms with Gasteiger partial charge in [-0.1, -0.05) is 29.8 Å². The molecule has 0 unspecified atom stereocenters.